The van der Waals surface area contributed by atoms with Crippen LogP contribution in [-0.2, 0) is 24.1 Å². The van der Waals surface area contributed by atoms with Crippen molar-refractivity contribution in [3.8, 4) is 11.5 Å². The van der Waals surface area contributed by atoms with Crippen LogP contribution in [0.25, 0.3) is 0 Å². The number of benzene rings is 3. The van der Waals surface area contributed by atoms with Gasteiger partial charge in [0.05, 0.1) is 11.5 Å². The summed E-state index contributed by atoms with van der Waals surface area (Å²) in [5, 5.41) is 2.79. The predicted octanol–water partition coefficient (Wildman–Crippen LogP) is 5.64. The molecular formula is C26H25F3N2O2. The minimum absolute atomic E-state index is 0.0815. The molecule has 1 N–H and O–H groups in total. The van der Waals surface area contributed by atoms with Gasteiger partial charge in [0.2, 0.25) is 5.91 Å². The maximum atomic E-state index is 12.9. The minimum atomic E-state index is -4.39. The van der Waals surface area contributed by atoms with E-state index in [0.717, 1.165) is 35.7 Å². The van der Waals surface area contributed by atoms with Gasteiger partial charge in [0, 0.05) is 19.6 Å². The molecule has 1 amide bonds. The molecule has 33 heavy (non-hydrogen) atoms. The van der Waals surface area contributed by atoms with E-state index < -0.39 is 11.7 Å². The number of alkyl halides is 3. The summed E-state index contributed by atoms with van der Waals surface area (Å²) in [4.78, 5) is 14.8. The predicted molar refractivity (Wildman–Crippen MR) is 120 cm³/mol. The van der Waals surface area contributed by atoms with Crippen molar-refractivity contribution < 1.29 is 22.7 Å². The maximum Gasteiger partial charge on any atom is 0.416 e. The molecule has 7 heteroatoms. The normalized spacial score (nSPS) is 16.5. The Labute approximate surface area is 191 Å². The summed E-state index contributed by atoms with van der Waals surface area (Å²) in [7, 11) is 0. The zero-order chi connectivity index (χ0) is 23.3. The highest BCUT2D eigenvalue weighted by Gasteiger charge is 2.31. The van der Waals surface area contributed by atoms with Gasteiger partial charge in [0.25, 0.3) is 0 Å². The van der Waals surface area contributed by atoms with Gasteiger partial charge in [-0.25, -0.2) is 0 Å². The van der Waals surface area contributed by atoms with Crippen LogP contribution in [0.15, 0.2) is 78.9 Å². The lowest BCUT2D eigenvalue weighted by Gasteiger charge is -2.17. The zero-order valence-electron chi connectivity index (χ0n) is 18.0. The summed E-state index contributed by atoms with van der Waals surface area (Å²) in [6, 6.07) is 22.5. The van der Waals surface area contributed by atoms with E-state index in [4.69, 9.17) is 4.74 Å². The molecule has 0 saturated carbocycles. The van der Waals surface area contributed by atoms with Crippen molar-refractivity contribution in [1.82, 2.24) is 10.2 Å². The van der Waals surface area contributed by atoms with E-state index in [9.17, 15) is 18.0 Å². The number of halogens is 3. The summed E-state index contributed by atoms with van der Waals surface area (Å²) in [5.41, 5.74) is 0.816. The number of rotatable bonds is 7. The topological polar surface area (TPSA) is 41.6 Å². The SMILES string of the molecule is O=C(NCc1cccc(C(F)(F)F)c1)C1CCN(Cc2cccc(Oc3ccccc3)c2)C1. The molecule has 1 atom stereocenters. The molecule has 1 aliphatic heterocycles. The third kappa shape index (κ3) is 6.35. The second-order valence-corrected chi connectivity index (χ2v) is 8.20. The Kier molecular flexibility index (Phi) is 6.99. The van der Waals surface area contributed by atoms with Gasteiger partial charge in [-0.3, -0.25) is 9.69 Å². The maximum absolute atomic E-state index is 12.9. The first kappa shape index (κ1) is 22.9. The third-order valence-electron chi connectivity index (χ3n) is 5.65. The molecule has 1 aliphatic rings. The molecule has 0 aliphatic carbocycles. The standard InChI is InChI=1S/C26H25F3N2O2/c27-26(28,29)22-8-4-6-19(14-22)16-30-25(32)21-12-13-31(18-21)17-20-7-5-11-24(15-20)33-23-9-2-1-3-10-23/h1-11,14-15,21H,12-13,16-18H2,(H,30,32). The fourth-order valence-electron chi connectivity index (χ4n) is 3.97. The Bertz CT molecular complexity index is 1090. The number of nitrogens with zero attached hydrogens (tertiary/aromatic N) is 1. The highest BCUT2D eigenvalue weighted by Crippen LogP contribution is 2.29. The summed E-state index contributed by atoms with van der Waals surface area (Å²) < 4.78 is 44.5. The van der Waals surface area contributed by atoms with Gasteiger partial charge < -0.3 is 10.1 Å². The van der Waals surface area contributed by atoms with Crippen molar-refractivity contribution in [1.29, 1.82) is 0 Å². The monoisotopic (exact) mass is 454 g/mol. The van der Waals surface area contributed by atoms with Gasteiger partial charge in [0.1, 0.15) is 11.5 Å². The van der Waals surface area contributed by atoms with E-state index in [1.807, 2.05) is 54.6 Å². The second kappa shape index (κ2) is 10.1. The van der Waals surface area contributed by atoms with Crippen LogP contribution in [-0.4, -0.2) is 23.9 Å². The van der Waals surface area contributed by atoms with Gasteiger partial charge >= 0.3 is 6.18 Å². The quantitative estimate of drug-likeness (QED) is 0.503. The Morgan fingerprint density at radius 2 is 1.67 bits per heavy atom. The molecule has 1 heterocycles. The summed E-state index contributed by atoms with van der Waals surface area (Å²) >= 11 is 0. The number of carbonyl (C=O) groups is 1. The molecule has 0 aromatic heterocycles. The average molecular weight is 454 g/mol. The highest BCUT2D eigenvalue weighted by atomic mass is 19.4. The van der Waals surface area contributed by atoms with Crippen LogP contribution in [0, 0.1) is 5.92 Å². The largest absolute Gasteiger partial charge is 0.457 e. The Hall–Kier alpha value is -3.32. The number of hydrogen-bond acceptors (Lipinski definition) is 3. The number of amides is 1. The molecule has 0 radical (unpaired) electrons. The van der Waals surface area contributed by atoms with Crippen molar-refractivity contribution in [3.63, 3.8) is 0 Å². The van der Waals surface area contributed by atoms with Crippen LogP contribution < -0.4 is 10.1 Å². The van der Waals surface area contributed by atoms with Gasteiger partial charge in [-0.15, -0.1) is 0 Å². The fourth-order valence-corrected chi connectivity index (χ4v) is 3.97. The molecule has 3 aromatic carbocycles. The van der Waals surface area contributed by atoms with Crippen molar-refractivity contribution in [2.45, 2.75) is 25.7 Å². The van der Waals surface area contributed by atoms with Crippen LogP contribution in [0.5, 0.6) is 11.5 Å². The van der Waals surface area contributed by atoms with E-state index in [1.54, 1.807) is 6.07 Å². The summed E-state index contributed by atoms with van der Waals surface area (Å²) in [6.07, 6.45) is -3.68. The van der Waals surface area contributed by atoms with E-state index in [0.29, 0.717) is 25.1 Å². The Balaban J connectivity index is 1.28. The number of likely N-dealkylation sites (tertiary alicyclic amines) is 1. The molecule has 172 valence electrons. The second-order valence-electron chi connectivity index (χ2n) is 8.20. The first-order valence-corrected chi connectivity index (χ1v) is 10.8. The lowest BCUT2D eigenvalue weighted by Crippen LogP contribution is -2.32. The van der Waals surface area contributed by atoms with Gasteiger partial charge in [0.15, 0.2) is 0 Å². The zero-order valence-corrected chi connectivity index (χ0v) is 18.0. The van der Waals surface area contributed by atoms with Gasteiger partial charge in [-0.1, -0.05) is 42.5 Å². The van der Waals surface area contributed by atoms with Crippen LogP contribution in [0.2, 0.25) is 0 Å². The van der Waals surface area contributed by atoms with Crippen molar-refractivity contribution in [3.05, 3.63) is 95.6 Å². The lowest BCUT2D eigenvalue weighted by molar-refractivity contribution is -0.137. The van der Waals surface area contributed by atoms with Crippen LogP contribution >= 0.6 is 0 Å². The van der Waals surface area contributed by atoms with E-state index >= 15 is 0 Å². The van der Waals surface area contributed by atoms with Crippen molar-refractivity contribution >= 4 is 5.91 Å². The minimum Gasteiger partial charge on any atom is -0.457 e. The first-order valence-electron chi connectivity index (χ1n) is 10.8. The molecule has 1 unspecified atom stereocenters. The molecule has 0 spiro atoms. The van der Waals surface area contributed by atoms with Crippen LogP contribution in [0.4, 0.5) is 13.2 Å². The molecule has 0 bridgehead atoms. The van der Waals surface area contributed by atoms with Crippen LogP contribution in [0.1, 0.15) is 23.1 Å². The Morgan fingerprint density at radius 3 is 2.45 bits per heavy atom. The fraction of sp³-hybridized carbons (Fsp3) is 0.269. The molecule has 1 fully saturated rings. The van der Waals surface area contributed by atoms with Crippen LogP contribution in [0.3, 0.4) is 0 Å². The molecule has 3 aromatic rings. The molecule has 4 rings (SSSR count). The lowest BCUT2D eigenvalue weighted by atomic mass is 10.1. The number of para-hydroxylation sites is 1. The summed E-state index contributed by atoms with van der Waals surface area (Å²) in [6.45, 7) is 2.17. The van der Waals surface area contributed by atoms with Gasteiger partial charge in [-0.2, -0.15) is 13.2 Å². The van der Waals surface area contributed by atoms with E-state index in [1.165, 1.54) is 6.07 Å². The molecule has 4 nitrogen and oxygen atoms in total. The average Bonchev–Trinajstić information content (AvgIpc) is 3.27. The number of hydrogen-bond donors (Lipinski definition) is 1. The number of ether oxygens (including phenoxy) is 1. The number of nitrogens with one attached hydrogen (secondary N) is 1. The molecule has 1 saturated heterocycles. The third-order valence-corrected chi connectivity index (χ3v) is 5.65. The Morgan fingerprint density at radius 1 is 0.939 bits per heavy atom. The van der Waals surface area contributed by atoms with E-state index in [-0.39, 0.29) is 18.4 Å². The van der Waals surface area contributed by atoms with Gasteiger partial charge in [-0.05, 0) is 60.5 Å². The summed E-state index contributed by atoms with van der Waals surface area (Å²) in [5.74, 6) is 1.22. The van der Waals surface area contributed by atoms with Crippen molar-refractivity contribution in [2.75, 3.05) is 13.1 Å². The highest BCUT2D eigenvalue weighted by molar-refractivity contribution is 5.79. The first-order chi connectivity index (χ1) is 15.9. The molecular weight excluding hydrogens is 429 g/mol. The van der Waals surface area contributed by atoms with E-state index in [2.05, 4.69) is 10.2 Å². The number of carbonyl (C=O) groups excluding carboxylic acids is 1. The smallest absolute Gasteiger partial charge is 0.416 e. The van der Waals surface area contributed by atoms with Crippen molar-refractivity contribution in [2.24, 2.45) is 5.92 Å².